The summed E-state index contributed by atoms with van der Waals surface area (Å²) in [5.41, 5.74) is 1.80. The highest BCUT2D eigenvalue weighted by atomic mass is 16.5. The first-order chi connectivity index (χ1) is 10.7. The van der Waals surface area contributed by atoms with Crippen LogP contribution < -0.4 is 10.6 Å². The number of para-hydroxylation sites is 1. The molecule has 0 bridgehead atoms. The summed E-state index contributed by atoms with van der Waals surface area (Å²) in [6.07, 6.45) is 3.66. The van der Waals surface area contributed by atoms with Crippen LogP contribution in [0, 0.1) is 0 Å². The molecule has 5 nitrogen and oxygen atoms in total. The zero-order valence-electron chi connectivity index (χ0n) is 13.3. The van der Waals surface area contributed by atoms with Crippen LogP contribution in [0.3, 0.4) is 0 Å². The number of carbonyl (C=O) groups excluding carboxylic acids is 1. The molecule has 2 amide bonds. The van der Waals surface area contributed by atoms with E-state index in [4.69, 9.17) is 4.74 Å². The largest absolute Gasteiger partial charge is 0.380 e. The number of likely N-dealkylation sites (tertiary alicyclic amines) is 1. The van der Waals surface area contributed by atoms with Crippen LogP contribution in [0.5, 0.6) is 0 Å². The van der Waals surface area contributed by atoms with E-state index in [-0.39, 0.29) is 12.1 Å². The molecule has 0 radical (unpaired) electrons. The monoisotopic (exact) mass is 303 g/mol. The standard InChI is InChI=1S/C17H25N3O2/c1-12-9-14(10-20(12)15-7-8-15)18-17(21)19-16-6-4-3-5-13(16)11-22-2/h3-6,12,14-15H,7-11H2,1-2H3,(H2,18,19,21)/t12-,14-/m1/s1. The van der Waals surface area contributed by atoms with Gasteiger partial charge in [-0.3, -0.25) is 4.90 Å². The lowest BCUT2D eigenvalue weighted by atomic mass is 10.2. The van der Waals surface area contributed by atoms with Crippen LogP contribution in [0.1, 0.15) is 31.7 Å². The van der Waals surface area contributed by atoms with Crippen molar-refractivity contribution < 1.29 is 9.53 Å². The third-order valence-corrected chi connectivity index (χ3v) is 4.54. The molecule has 1 saturated carbocycles. The number of anilines is 1. The van der Waals surface area contributed by atoms with Gasteiger partial charge in [-0.15, -0.1) is 0 Å². The fourth-order valence-electron chi connectivity index (χ4n) is 3.34. The van der Waals surface area contributed by atoms with Crippen LogP contribution in [0.25, 0.3) is 0 Å². The lowest BCUT2D eigenvalue weighted by Crippen LogP contribution is -2.40. The smallest absolute Gasteiger partial charge is 0.319 e. The maximum Gasteiger partial charge on any atom is 0.319 e. The Morgan fingerprint density at radius 2 is 2.14 bits per heavy atom. The summed E-state index contributed by atoms with van der Waals surface area (Å²) in [4.78, 5) is 14.8. The number of hydrogen-bond acceptors (Lipinski definition) is 3. The number of rotatable bonds is 5. The molecule has 0 aromatic heterocycles. The van der Waals surface area contributed by atoms with Gasteiger partial charge in [0.1, 0.15) is 0 Å². The van der Waals surface area contributed by atoms with Crippen molar-refractivity contribution in [1.82, 2.24) is 10.2 Å². The summed E-state index contributed by atoms with van der Waals surface area (Å²) in [6.45, 7) is 3.72. The second kappa shape index (κ2) is 6.67. The second-order valence-corrected chi connectivity index (χ2v) is 6.40. The van der Waals surface area contributed by atoms with Gasteiger partial charge >= 0.3 is 6.03 Å². The highest BCUT2D eigenvalue weighted by molar-refractivity contribution is 5.90. The second-order valence-electron chi connectivity index (χ2n) is 6.40. The summed E-state index contributed by atoms with van der Waals surface area (Å²) >= 11 is 0. The molecular weight excluding hydrogens is 278 g/mol. The Morgan fingerprint density at radius 1 is 1.36 bits per heavy atom. The molecule has 1 aliphatic heterocycles. The minimum atomic E-state index is -0.126. The number of urea groups is 1. The van der Waals surface area contributed by atoms with Crippen molar-refractivity contribution in [2.45, 2.75) is 50.9 Å². The van der Waals surface area contributed by atoms with Gasteiger partial charge in [0.05, 0.1) is 6.61 Å². The van der Waals surface area contributed by atoms with E-state index in [9.17, 15) is 4.79 Å². The Hall–Kier alpha value is -1.59. The zero-order chi connectivity index (χ0) is 15.5. The van der Waals surface area contributed by atoms with Crippen molar-refractivity contribution in [3.63, 3.8) is 0 Å². The molecule has 1 heterocycles. The zero-order valence-corrected chi connectivity index (χ0v) is 13.3. The Kier molecular flexibility index (Phi) is 4.64. The number of carbonyl (C=O) groups is 1. The molecule has 2 fully saturated rings. The summed E-state index contributed by atoms with van der Waals surface area (Å²) in [7, 11) is 1.66. The molecule has 2 N–H and O–H groups in total. The summed E-state index contributed by atoms with van der Waals surface area (Å²) in [5, 5.41) is 6.06. The number of hydrogen-bond donors (Lipinski definition) is 2. The third-order valence-electron chi connectivity index (χ3n) is 4.54. The van der Waals surface area contributed by atoms with E-state index in [1.54, 1.807) is 7.11 Å². The van der Waals surface area contributed by atoms with E-state index in [1.165, 1.54) is 12.8 Å². The van der Waals surface area contributed by atoms with E-state index >= 15 is 0 Å². The minimum absolute atomic E-state index is 0.126. The summed E-state index contributed by atoms with van der Waals surface area (Å²) in [5.74, 6) is 0. The first-order valence-corrected chi connectivity index (χ1v) is 8.07. The maximum atomic E-state index is 12.2. The van der Waals surface area contributed by atoms with E-state index in [0.717, 1.165) is 30.3 Å². The number of nitrogens with zero attached hydrogens (tertiary/aromatic N) is 1. The Balaban J connectivity index is 1.54. The Labute approximate surface area is 132 Å². The van der Waals surface area contributed by atoms with Crippen molar-refractivity contribution in [3.8, 4) is 0 Å². The van der Waals surface area contributed by atoms with Crippen LogP contribution in [0.2, 0.25) is 0 Å². The maximum absolute atomic E-state index is 12.2. The van der Waals surface area contributed by atoms with Crippen molar-refractivity contribution >= 4 is 11.7 Å². The van der Waals surface area contributed by atoms with Crippen LogP contribution in [0.4, 0.5) is 10.5 Å². The van der Waals surface area contributed by atoms with Crippen LogP contribution in [0.15, 0.2) is 24.3 Å². The Bertz CT molecular complexity index is 530. The van der Waals surface area contributed by atoms with E-state index in [1.807, 2.05) is 24.3 Å². The fraction of sp³-hybridized carbons (Fsp3) is 0.588. The lowest BCUT2D eigenvalue weighted by Gasteiger charge is -2.19. The normalized spacial score (nSPS) is 25.2. The molecule has 5 heteroatoms. The molecular formula is C17H25N3O2. The first-order valence-electron chi connectivity index (χ1n) is 8.07. The van der Waals surface area contributed by atoms with Gasteiger partial charge in [0.25, 0.3) is 0 Å². The van der Waals surface area contributed by atoms with Crippen LogP contribution in [-0.4, -0.2) is 42.7 Å². The highest BCUT2D eigenvalue weighted by Crippen LogP contribution is 2.33. The van der Waals surface area contributed by atoms with E-state index in [0.29, 0.717) is 12.6 Å². The lowest BCUT2D eigenvalue weighted by molar-refractivity contribution is 0.185. The van der Waals surface area contributed by atoms with Gasteiger partial charge in [-0.05, 0) is 32.3 Å². The SMILES string of the molecule is COCc1ccccc1NC(=O)N[C@@H]1C[C@@H](C)N(C2CC2)C1. The topological polar surface area (TPSA) is 53.6 Å². The molecule has 2 aliphatic rings. The van der Waals surface area contributed by atoms with Gasteiger partial charge in [-0.1, -0.05) is 18.2 Å². The van der Waals surface area contributed by atoms with Gasteiger partial charge in [-0.2, -0.15) is 0 Å². The molecule has 1 aromatic rings. The fourth-order valence-corrected chi connectivity index (χ4v) is 3.34. The quantitative estimate of drug-likeness (QED) is 0.879. The highest BCUT2D eigenvalue weighted by Gasteiger charge is 2.39. The van der Waals surface area contributed by atoms with Crippen molar-refractivity contribution in [1.29, 1.82) is 0 Å². The predicted octanol–water partition coefficient (Wildman–Crippen LogP) is 2.58. The molecule has 1 aliphatic carbocycles. The minimum Gasteiger partial charge on any atom is -0.380 e. The Morgan fingerprint density at radius 3 is 2.86 bits per heavy atom. The van der Waals surface area contributed by atoms with Crippen molar-refractivity contribution in [2.24, 2.45) is 0 Å². The molecule has 22 heavy (non-hydrogen) atoms. The number of benzene rings is 1. The average molecular weight is 303 g/mol. The number of methoxy groups -OCH3 is 1. The van der Waals surface area contributed by atoms with Crippen LogP contribution >= 0.6 is 0 Å². The van der Waals surface area contributed by atoms with Crippen LogP contribution in [-0.2, 0) is 11.3 Å². The first kappa shape index (κ1) is 15.3. The van der Waals surface area contributed by atoms with Gasteiger partial charge in [-0.25, -0.2) is 4.79 Å². The number of amides is 2. The molecule has 3 rings (SSSR count). The van der Waals surface area contributed by atoms with E-state index < -0.39 is 0 Å². The number of nitrogens with one attached hydrogen (secondary N) is 2. The molecule has 0 spiro atoms. The third kappa shape index (κ3) is 3.59. The van der Waals surface area contributed by atoms with Gasteiger partial charge in [0.15, 0.2) is 0 Å². The summed E-state index contributed by atoms with van der Waals surface area (Å²) < 4.78 is 5.17. The van der Waals surface area contributed by atoms with Gasteiger partial charge in [0.2, 0.25) is 0 Å². The molecule has 1 saturated heterocycles. The molecule has 0 unspecified atom stereocenters. The molecule has 1 aromatic carbocycles. The summed E-state index contributed by atoms with van der Waals surface area (Å²) in [6, 6.07) is 9.17. The van der Waals surface area contributed by atoms with Crippen molar-refractivity contribution in [3.05, 3.63) is 29.8 Å². The van der Waals surface area contributed by atoms with Gasteiger partial charge < -0.3 is 15.4 Å². The van der Waals surface area contributed by atoms with E-state index in [2.05, 4.69) is 22.5 Å². The molecule has 2 atom stereocenters. The average Bonchev–Trinajstić information content (AvgIpc) is 3.26. The van der Waals surface area contributed by atoms with Gasteiger partial charge in [0, 0.05) is 43.0 Å². The molecule has 120 valence electrons. The van der Waals surface area contributed by atoms with Crippen molar-refractivity contribution in [2.75, 3.05) is 19.0 Å². The number of ether oxygens (including phenoxy) is 1. The predicted molar refractivity (Wildman–Crippen MR) is 86.9 cm³/mol.